The van der Waals surface area contributed by atoms with Gasteiger partial charge in [-0.1, -0.05) is 41.3 Å². The number of aryl methyl sites for hydroxylation is 1. The number of hydrogen-bond donors (Lipinski definition) is 1. The van der Waals surface area contributed by atoms with Gasteiger partial charge in [-0.05, 0) is 23.8 Å². The molecule has 6 nitrogen and oxygen atoms in total. The zero-order valence-corrected chi connectivity index (χ0v) is 11.6. The van der Waals surface area contributed by atoms with Crippen LogP contribution in [0.4, 0.5) is 5.95 Å². The molecule has 1 heterocycles. The number of halogens is 2. The first-order valence-corrected chi connectivity index (χ1v) is 6.40. The average Bonchev–Trinajstić information content (AvgIpc) is 2.80. The van der Waals surface area contributed by atoms with Crippen LogP contribution >= 0.6 is 23.2 Å². The molecule has 1 aromatic heterocycles. The molecule has 0 unspecified atom stereocenters. The number of nitrogens with zero attached hydrogens (tertiary/aromatic N) is 4. The molecular weight excluding hydrogens is 289 g/mol. The topological polar surface area (TPSA) is 72.7 Å². The molecule has 0 bridgehead atoms. The van der Waals surface area contributed by atoms with Crippen molar-refractivity contribution in [3.05, 3.63) is 33.8 Å². The van der Waals surface area contributed by atoms with Gasteiger partial charge in [-0.25, -0.2) is 0 Å². The summed E-state index contributed by atoms with van der Waals surface area (Å²) >= 11 is 11.8. The Hall–Kier alpha value is -1.66. The number of carbonyl (C=O) groups is 1. The Labute approximate surface area is 119 Å². The number of rotatable bonds is 4. The summed E-state index contributed by atoms with van der Waals surface area (Å²) in [5.74, 6) is -0.293. The molecule has 2 aromatic rings. The Morgan fingerprint density at radius 2 is 2.21 bits per heavy atom. The first kappa shape index (κ1) is 13.8. The molecule has 0 aliphatic heterocycles. The lowest BCUT2D eigenvalue weighted by molar-refractivity contribution is 0.102. The lowest BCUT2D eigenvalue weighted by Crippen LogP contribution is -2.14. The van der Waals surface area contributed by atoms with Gasteiger partial charge in [-0.15, -0.1) is 5.10 Å². The number of aromatic nitrogens is 4. The molecule has 0 fully saturated rings. The third-order valence-corrected chi connectivity index (χ3v) is 3.12. The summed E-state index contributed by atoms with van der Waals surface area (Å²) in [6.07, 6.45) is 0.879. The molecule has 0 radical (unpaired) electrons. The first-order chi connectivity index (χ1) is 9.11. The summed E-state index contributed by atoms with van der Waals surface area (Å²) in [6.45, 7) is 2.63. The van der Waals surface area contributed by atoms with Crippen LogP contribution in [0.1, 0.15) is 23.7 Å². The van der Waals surface area contributed by atoms with Gasteiger partial charge in [-0.2, -0.15) is 4.80 Å². The Bertz CT molecular complexity index is 599. The predicted molar refractivity (Wildman–Crippen MR) is 72.5 cm³/mol. The Kier molecular flexibility index (Phi) is 4.34. The number of carbonyl (C=O) groups excluding carboxylic acids is 1. The maximum Gasteiger partial charge on any atom is 0.270 e. The van der Waals surface area contributed by atoms with Gasteiger partial charge in [0.15, 0.2) is 0 Å². The van der Waals surface area contributed by atoms with Crippen LogP contribution < -0.4 is 5.32 Å². The SMILES string of the molecule is CCCn1nnc(NC(=O)c2cccc(Cl)c2Cl)n1. The number of anilines is 1. The molecular formula is C11H11Cl2N5O. The molecule has 100 valence electrons. The van der Waals surface area contributed by atoms with E-state index in [9.17, 15) is 4.79 Å². The van der Waals surface area contributed by atoms with Crippen molar-refractivity contribution in [3.8, 4) is 0 Å². The molecule has 0 saturated carbocycles. The minimum atomic E-state index is -0.427. The fraction of sp³-hybridized carbons (Fsp3) is 0.273. The smallest absolute Gasteiger partial charge is 0.270 e. The summed E-state index contributed by atoms with van der Waals surface area (Å²) in [4.78, 5) is 13.4. The summed E-state index contributed by atoms with van der Waals surface area (Å²) < 4.78 is 0. The Morgan fingerprint density at radius 1 is 1.42 bits per heavy atom. The van der Waals surface area contributed by atoms with Gasteiger partial charge < -0.3 is 0 Å². The highest BCUT2D eigenvalue weighted by atomic mass is 35.5. The van der Waals surface area contributed by atoms with E-state index in [-0.39, 0.29) is 16.5 Å². The van der Waals surface area contributed by atoms with Crippen LogP contribution in [-0.4, -0.2) is 26.1 Å². The van der Waals surface area contributed by atoms with Gasteiger partial charge in [-0.3, -0.25) is 10.1 Å². The molecule has 1 amide bonds. The van der Waals surface area contributed by atoms with E-state index in [2.05, 4.69) is 20.7 Å². The van der Waals surface area contributed by atoms with Gasteiger partial charge in [0, 0.05) is 0 Å². The number of nitrogens with one attached hydrogen (secondary N) is 1. The molecule has 1 N–H and O–H groups in total. The molecule has 19 heavy (non-hydrogen) atoms. The normalized spacial score (nSPS) is 10.5. The van der Waals surface area contributed by atoms with Crippen molar-refractivity contribution in [2.24, 2.45) is 0 Å². The van der Waals surface area contributed by atoms with Crippen molar-refractivity contribution >= 4 is 35.1 Å². The van der Waals surface area contributed by atoms with Crippen LogP contribution in [0.5, 0.6) is 0 Å². The van der Waals surface area contributed by atoms with Gasteiger partial charge in [0.1, 0.15) is 0 Å². The van der Waals surface area contributed by atoms with E-state index in [1.807, 2.05) is 6.92 Å². The third kappa shape index (κ3) is 3.21. The van der Waals surface area contributed by atoms with Crippen LogP contribution in [0.25, 0.3) is 0 Å². The van der Waals surface area contributed by atoms with E-state index >= 15 is 0 Å². The minimum Gasteiger partial charge on any atom is -0.288 e. The molecule has 1 aromatic carbocycles. The lowest BCUT2D eigenvalue weighted by Gasteiger charge is -2.04. The van der Waals surface area contributed by atoms with E-state index in [0.29, 0.717) is 11.6 Å². The number of tetrazole rings is 1. The molecule has 0 saturated heterocycles. The highest BCUT2D eigenvalue weighted by Crippen LogP contribution is 2.25. The monoisotopic (exact) mass is 299 g/mol. The largest absolute Gasteiger partial charge is 0.288 e. The second kappa shape index (κ2) is 5.99. The van der Waals surface area contributed by atoms with Gasteiger partial charge >= 0.3 is 0 Å². The number of hydrogen-bond acceptors (Lipinski definition) is 4. The van der Waals surface area contributed by atoms with Crippen LogP contribution in [0.3, 0.4) is 0 Å². The predicted octanol–water partition coefficient (Wildman–Crippen LogP) is 2.64. The molecule has 0 aliphatic carbocycles. The summed E-state index contributed by atoms with van der Waals surface area (Å²) in [7, 11) is 0. The highest BCUT2D eigenvalue weighted by molar-refractivity contribution is 6.44. The van der Waals surface area contributed by atoms with E-state index in [0.717, 1.165) is 6.42 Å². The Morgan fingerprint density at radius 3 is 2.95 bits per heavy atom. The average molecular weight is 300 g/mol. The second-order valence-electron chi connectivity index (χ2n) is 3.76. The summed E-state index contributed by atoms with van der Waals surface area (Å²) in [6, 6.07) is 4.82. The molecule has 8 heteroatoms. The molecule has 0 spiro atoms. The van der Waals surface area contributed by atoms with Crippen LogP contribution in [0.15, 0.2) is 18.2 Å². The van der Waals surface area contributed by atoms with Crippen molar-refractivity contribution in [1.82, 2.24) is 20.2 Å². The highest BCUT2D eigenvalue weighted by Gasteiger charge is 2.14. The first-order valence-electron chi connectivity index (χ1n) is 5.65. The van der Waals surface area contributed by atoms with Crippen molar-refractivity contribution in [2.75, 3.05) is 5.32 Å². The Balaban J connectivity index is 2.14. The molecule has 2 rings (SSSR count). The van der Waals surface area contributed by atoms with Crippen molar-refractivity contribution < 1.29 is 4.79 Å². The van der Waals surface area contributed by atoms with Gasteiger partial charge in [0.05, 0.1) is 22.2 Å². The number of benzene rings is 1. The zero-order chi connectivity index (χ0) is 13.8. The lowest BCUT2D eigenvalue weighted by atomic mass is 10.2. The fourth-order valence-electron chi connectivity index (χ4n) is 1.44. The molecule has 0 aliphatic rings. The van der Waals surface area contributed by atoms with E-state index in [1.165, 1.54) is 4.80 Å². The zero-order valence-electron chi connectivity index (χ0n) is 10.1. The van der Waals surface area contributed by atoms with Crippen LogP contribution in [0.2, 0.25) is 10.0 Å². The van der Waals surface area contributed by atoms with Crippen molar-refractivity contribution in [2.45, 2.75) is 19.9 Å². The quantitative estimate of drug-likeness (QED) is 0.942. The minimum absolute atomic E-state index is 0.134. The van der Waals surface area contributed by atoms with E-state index in [4.69, 9.17) is 23.2 Å². The van der Waals surface area contributed by atoms with Crippen molar-refractivity contribution in [1.29, 1.82) is 0 Å². The van der Waals surface area contributed by atoms with E-state index in [1.54, 1.807) is 18.2 Å². The van der Waals surface area contributed by atoms with Crippen LogP contribution in [0, 0.1) is 0 Å². The van der Waals surface area contributed by atoms with E-state index < -0.39 is 5.91 Å². The summed E-state index contributed by atoms with van der Waals surface area (Å²) in [5, 5.41) is 14.6. The van der Waals surface area contributed by atoms with Gasteiger partial charge in [0.2, 0.25) is 0 Å². The molecule has 0 atom stereocenters. The fourth-order valence-corrected chi connectivity index (χ4v) is 1.82. The van der Waals surface area contributed by atoms with Crippen molar-refractivity contribution in [3.63, 3.8) is 0 Å². The van der Waals surface area contributed by atoms with Crippen LogP contribution in [-0.2, 0) is 6.54 Å². The third-order valence-electron chi connectivity index (χ3n) is 2.30. The maximum absolute atomic E-state index is 12.0. The second-order valence-corrected chi connectivity index (χ2v) is 4.55. The standard InChI is InChI=1S/C11H11Cl2N5O/c1-2-6-18-16-11(15-17-18)14-10(19)7-4-3-5-8(12)9(7)13/h3-5H,2,6H2,1H3,(H,14,16,19). The number of amides is 1. The van der Waals surface area contributed by atoms with Gasteiger partial charge in [0.25, 0.3) is 11.9 Å². The maximum atomic E-state index is 12.0. The summed E-state index contributed by atoms with van der Waals surface area (Å²) in [5.41, 5.74) is 0.265.